The number of piperazine rings is 1. The van der Waals surface area contributed by atoms with E-state index in [1.807, 2.05) is 0 Å². The van der Waals surface area contributed by atoms with Gasteiger partial charge in [0.1, 0.15) is 0 Å². The molecule has 1 aliphatic heterocycles. The summed E-state index contributed by atoms with van der Waals surface area (Å²) in [4.78, 5) is 2.59. The van der Waals surface area contributed by atoms with E-state index in [4.69, 9.17) is 11.6 Å². The average Bonchev–Trinajstić information content (AvgIpc) is 2.27. The predicted molar refractivity (Wildman–Crippen MR) is 81.1 cm³/mol. The van der Waals surface area contributed by atoms with Crippen molar-refractivity contribution in [2.45, 2.75) is 53.6 Å². The quantitative estimate of drug-likeness (QED) is 0.846. The van der Waals surface area contributed by atoms with Gasteiger partial charge in [0, 0.05) is 37.3 Å². The van der Waals surface area contributed by atoms with Gasteiger partial charge >= 0.3 is 0 Å². The van der Waals surface area contributed by atoms with E-state index in [0.717, 1.165) is 19.6 Å². The lowest BCUT2D eigenvalue weighted by atomic mass is 9.83. The lowest BCUT2D eigenvalue weighted by Crippen LogP contribution is -2.61. The summed E-state index contributed by atoms with van der Waals surface area (Å²) in [6.45, 7) is 16.8. The molecule has 0 spiro atoms. The van der Waals surface area contributed by atoms with Crippen LogP contribution < -0.4 is 5.32 Å². The van der Waals surface area contributed by atoms with Crippen LogP contribution in [0.25, 0.3) is 0 Å². The Labute approximate surface area is 118 Å². The molecule has 1 rings (SSSR count). The molecule has 0 radical (unpaired) electrons. The third kappa shape index (κ3) is 4.25. The Hall–Kier alpha value is -0.0500. The van der Waals surface area contributed by atoms with Crippen molar-refractivity contribution in [1.29, 1.82) is 0 Å². The van der Waals surface area contributed by atoms with Crippen molar-refractivity contribution >= 4 is 11.6 Å². The van der Waals surface area contributed by atoms with E-state index in [-0.39, 0.29) is 0 Å². The fourth-order valence-corrected chi connectivity index (χ4v) is 2.67. The molecule has 2 nitrogen and oxygen atoms in total. The van der Waals surface area contributed by atoms with E-state index in [0.29, 0.717) is 23.4 Å². The molecule has 2 unspecified atom stereocenters. The number of rotatable bonds is 3. The van der Waals surface area contributed by atoms with Crippen LogP contribution in [0.3, 0.4) is 0 Å². The van der Waals surface area contributed by atoms with Crippen molar-refractivity contribution in [3.63, 3.8) is 0 Å². The molecule has 18 heavy (non-hydrogen) atoms. The Bertz CT molecular complexity index is 291. The molecule has 106 valence electrons. The van der Waals surface area contributed by atoms with Crippen molar-refractivity contribution in [2.75, 3.05) is 19.6 Å². The first-order valence-electron chi connectivity index (χ1n) is 6.99. The molecule has 1 N–H and O–H groups in total. The summed E-state index contributed by atoms with van der Waals surface area (Å²) in [5.41, 5.74) is 3.27. The van der Waals surface area contributed by atoms with Crippen LogP contribution in [0.4, 0.5) is 0 Å². The molecule has 0 bridgehead atoms. The summed E-state index contributed by atoms with van der Waals surface area (Å²) < 4.78 is 0. The van der Waals surface area contributed by atoms with Crippen molar-refractivity contribution < 1.29 is 0 Å². The minimum atomic E-state index is 0.304. The second-order valence-corrected chi connectivity index (χ2v) is 7.24. The van der Waals surface area contributed by atoms with Crippen molar-refractivity contribution in [3.8, 4) is 0 Å². The first-order chi connectivity index (χ1) is 8.25. The summed E-state index contributed by atoms with van der Waals surface area (Å²) in [7, 11) is 0. The van der Waals surface area contributed by atoms with Crippen LogP contribution in [-0.2, 0) is 0 Å². The number of hydrogen-bond acceptors (Lipinski definition) is 2. The summed E-state index contributed by atoms with van der Waals surface area (Å²) in [6.07, 6.45) is 0. The molecule has 1 heterocycles. The number of nitrogens with one attached hydrogen (secondary N) is 1. The van der Waals surface area contributed by atoms with Gasteiger partial charge in [-0.15, -0.1) is 0 Å². The van der Waals surface area contributed by atoms with E-state index in [1.165, 1.54) is 5.57 Å². The maximum Gasteiger partial charge on any atom is 0.0247 e. The second-order valence-electron chi connectivity index (χ2n) is 7.02. The molecule has 0 amide bonds. The van der Waals surface area contributed by atoms with Crippen LogP contribution in [0, 0.1) is 11.3 Å². The predicted octanol–water partition coefficient (Wildman–Crippen LogP) is 3.47. The Kier molecular flexibility index (Phi) is 5.69. The Morgan fingerprint density at radius 3 is 2.50 bits per heavy atom. The first-order valence-corrected chi connectivity index (χ1v) is 7.42. The molecular weight excluding hydrogens is 244 g/mol. The normalized spacial score (nSPS) is 27.9. The van der Waals surface area contributed by atoms with Gasteiger partial charge in [-0.05, 0) is 23.8 Å². The fourth-order valence-electron chi connectivity index (χ4n) is 2.60. The summed E-state index contributed by atoms with van der Waals surface area (Å²) in [6, 6.07) is 1.16. The summed E-state index contributed by atoms with van der Waals surface area (Å²) in [5, 5.41) is 3.72. The summed E-state index contributed by atoms with van der Waals surface area (Å²) in [5.74, 6) is 0.668. The highest BCUT2D eigenvalue weighted by Gasteiger charge is 2.34. The van der Waals surface area contributed by atoms with Gasteiger partial charge in [0.05, 0.1) is 0 Å². The molecule has 0 saturated carbocycles. The van der Waals surface area contributed by atoms with Crippen LogP contribution in [0.5, 0.6) is 0 Å². The molecule has 3 heteroatoms. The molecule has 0 aromatic carbocycles. The third-order valence-corrected chi connectivity index (χ3v) is 4.29. The van der Waals surface area contributed by atoms with Crippen LogP contribution in [0.1, 0.15) is 41.5 Å². The monoisotopic (exact) mass is 272 g/mol. The third-order valence-electron chi connectivity index (χ3n) is 3.91. The van der Waals surface area contributed by atoms with Crippen LogP contribution in [0.2, 0.25) is 0 Å². The van der Waals surface area contributed by atoms with Crippen molar-refractivity contribution in [2.24, 2.45) is 11.3 Å². The maximum atomic E-state index is 5.82. The lowest BCUT2D eigenvalue weighted by Gasteiger charge is -2.46. The number of nitrogens with zero attached hydrogens (tertiary/aromatic N) is 1. The zero-order valence-electron chi connectivity index (χ0n) is 12.8. The standard InChI is InChI=1S/C15H29ClN2/c1-11(2)13-8-17-14(15(4,5)6)10-18(13)9-12(3)7-16/h7,11,13-14,17H,8-10H2,1-6H3. The molecule has 1 saturated heterocycles. The molecule has 1 fully saturated rings. The Balaban J connectivity index is 2.76. The Morgan fingerprint density at radius 2 is 2.06 bits per heavy atom. The average molecular weight is 273 g/mol. The van der Waals surface area contributed by atoms with Crippen molar-refractivity contribution in [1.82, 2.24) is 10.2 Å². The number of halogens is 1. The van der Waals surface area contributed by atoms with Gasteiger partial charge in [-0.3, -0.25) is 4.90 Å². The smallest absolute Gasteiger partial charge is 0.0247 e. The Morgan fingerprint density at radius 1 is 1.44 bits per heavy atom. The minimum Gasteiger partial charge on any atom is -0.311 e. The highest BCUT2D eigenvalue weighted by Crippen LogP contribution is 2.26. The molecule has 0 aliphatic carbocycles. The van der Waals surface area contributed by atoms with Crippen LogP contribution in [-0.4, -0.2) is 36.6 Å². The van der Waals surface area contributed by atoms with E-state index >= 15 is 0 Å². The highest BCUT2D eigenvalue weighted by atomic mass is 35.5. The van der Waals surface area contributed by atoms with Gasteiger partial charge in [-0.2, -0.15) is 0 Å². The van der Waals surface area contributed by atoms with Gasteiger partial charge in [-0.1, -0.05) is 46.2 Å². The topological polar surface area (TPSA) is 15.3 Å². The fraction of sp³-hybridized carbons (Fsp3) is 0.867. The summed E-state index contributed by atoms with van der Waals surface area (Å²) >= 11 is 5.82. The zero-order chi connectivity index (χ0) is 13.9. The first kappa shape index (κ1) is 16.0. The van der Waals surface area contributed by atoms with Crippen LogP contribution >= 0.6 is 11.6 Å². The maximum absolute atomic E-state index is 5.82. The van der Waals surface area contributed by atoms with Crippen molar-refractivity contribution in [3.05, 3.63) is 11.1 Å². The molecule has 1 aliphatic rings. The molecule has 2 atom stereocenters. The van der Waals surface area contributed by atoms with Gasteiger partial charge in [0.2, 0.25) is 0 Å². The second kappa shape index (κ2) is 6.40. The van der Waals surface area contributed by atoms with E-state index in [9.17, 15) is 0 Å². The van der Waals surface area contributed by atoms with E-state index in [1.54, 1.807) is 5.54 Å². The lowest BCUT2D eigenvalue weighted by molar-refractivity contribution is 0.0710. The minimum absolute atomic E-state index is 0.304. The van der Waals surface area contributed by atoms with Crippen LogP contribution in [0.15, 0.2) is 11.1 Å². The molecular formula is C15H29ClN2. The zero-order valence-corrected chi connectivity index (χ0v) is 13.5. The molecule has 0 aromatic heterocycles. The van der Waals surface area contributed by atoms with Gasteiger partial charge in [-0.25, -0.2) is 0 Å². The van der Waals surface area contributed by atoms with E-state index < -0.39 is 0 Å². The largest absolute Gasteiger partial charge is 0.311 e. The highest BCUT2D eigenvalue weighted by molar-refractivity contribution is 6.25. The SMILES string of the molecule is CC(=CCl)CN1CC(C(C)(C)C)NCC1C(C)C. The number of hydrogen-bond donors (Lipinski definition) is 1. The van der Waals surface area contributed by atoms with E-state index in [2.05, 4.69) is 51.8 Å². The van der Waals surface area contributed by atoms with Gasteiger partial charge in [0.15, 0.2) is 0 Å². The van der Waals surface area contributed by atoms with Gasteiger partial charge in [0.25, 0.3) is 0 Å². The molecule has 0 aromatic rings. The van der Waals surface area contributed by atoms with Gasteiger partial charge < -0.3 is 5.32 Å².